The van der Waals surface area contributed by atoms with Crippen LogP contribution < -0.4 is 4.74 Å². The monoisotopic (exact) mass is 427 g/mol. The lowest BCUT2D eigenvalue weighted by molar-refractivity contribution is 0.306. The van der Waals surface area contributed by atoms with E-state index in [0.29, 0.717) is 11.6 Å². The molecule has 3 aromatic carbocycles. The van der Waals surface area contributed by atoms with Crippen molar-refractivity contribution in [3.8, 4) is 5.75 Å². The van der Waals surface area contributed by atoms with E-state index in [1.807, 2.05) is 54.7 Å². The first-order valence-electron chi connectivity index (χ1n) is 8.30. The SMILES string of the molecule is Cc1ccc(N=Cc2cc(Br)ccc2OCc2ccccc2Cl)cc1C. The first-order valence-corrected chi connectivity index (χ1v) is 9.47. The van der Waals surface area contributed by atoms with Crippen LogP contribution in [0.2, 0.25) is 5.02 Å². The molecule has 0 radical (unpaired) electrons. The summed E-state index contributed by atoms with van der Waals surface area (Å²) in [5, 5.41) is 0.704. The van der Waals surface area contributed by atoms with Gasteiger partial charge in [0, 0.05) is 26.8 Å². The first-order chi connectivity index (χ1) is 12.5. The molecule has 0 aliphatic rings. The second-order valence-electron chi connectivity index (χ2n) is 6.09. The number of halogens is 2. The van der Waals surface area contributed by atoms with Gasteiger partial charge in [-0.1, -0.05) is 51.8 Å². The van der Waals surface area contributed by atoms with Gasteiger partial charge in [-0.25, -0.2) is 0 Å². The minimum Gasteiger partial charge on any atom is -0.488 e. The summed E-state index contributed by atoms with van der Waals surface area (Å²) < 4.78 is 6.97. The molecule has 26 heavy (non-hydrogen) atoms. The summed E-state index contributed by atoms with van der Waals surface area (Å²) in [5.74, 6) is 0.765. The summed E-state index contributed by atoms with van der Waals surface area (Å²) in [6.07, 6.45) is 1.83. The van der Waals surface area contributed by atoms with E-state index in [1.54, 1.807) is 0 Å². The van der Waals surface area contributed by atoms with Gasteiger partial charge in [0.05, 0.1) is 5.69 Å². The summed E-state index contributed by atoms with van der Waals surface area (Å²) >= 11 is 9.72. The molecule has 0 aliphatic heterocycles. The Bertz CT molecular complexity index is 953. The van der Waals surface area contributed by atoms with Crippen molar-refractivity contribution >= 4 is 39.4 Å². The van der Waals surface area contributed by atoms with E-state index in [9.17, 15) is 0 Å². The third-order valence-electron chi connectivity index (χ3n) is 4.16. The molecule has 0 atom stereocenters. The third-order valence-corrected chi connectivity index (χ3v) is 5.02. The van der Waals surface area contributed by atoms with Gasteiger partial charge in [0.25, 0.3) is 0 Å². The van der Waals surface area contributed by atoms with Crippen molar-refractivity contribution in [2.75, 3.05) is 0 Å². The van der Waals surface area contributed by atoms with E-state index in [4.69, 9.17) is 16.3 Å². The lowest BCUT2D eigenvalue weighted by atomic mass is 10.1. The van der Waals surface area contributed by atoms with Gasteiger partial charge >= 0.3 is 0 Å². The van der Waals surface area contributed by atoms with Gasteiger partial charge < -0.3 is 4.74 Å². The Labute approximate surface area is 167 Å². The molecule has 3 rings (SSSR count). The number of aliphatic imine (C=N–C) groups is 1. The van der Waals surface area contributed by atoms with E-state index >= 15 is 0 Å². The highest BCUT2D eigenvalue weighted by Gasteiger charge is 2.06. The Balaban J connectivity index is 1.82. The van der Waals surface area contributed by atoms with E-state index in [2.05, 4.69) is 46.9 Å². The zero-order valence-corrected chi connectivity index (χ0v) is 17.0. The average molecular weight is 429 g/mol. The molecule has 3 aromatic rings. The molecule has 2 nitrogen and oxygen atoms in total. The quantitative estimate of drug-likeness (QED) is 0.399. The number of hydrogen-bond acceptors (Lipinski definition) is 2. The molecule has 4 heteroatoms. The predicted octanol–water partition coefficient (Wildman–Crippen LogP) is 7.05. The van der Waals surface area contributed by atoms with E-state index in [1.165, 1.54) is 11.1 Å². The van der Waals surface area contributed by atoms with Crippen LogP contribution in [0.4, 0.5) is 5.69 Å². The molecule has 0 heterocycles. The van der Waals surface area contributed by atoms with E-state index in [-0.39, 0.29) is 0 Å². The summed E-state index contributed by atoms with van der Waals surface area (Å²) in [4.78, 5) is 4.60. The van der Waals surface area contributed by atoms with Crippen molar-refractivity contribution in [2.24, 2.45) is 4.99 Å². The molecule has 0 amide bonds. The predicted molar refractivity (Wildman–Crippen MR) is 113 cm³/mol. The number of rotatable bonds is 5. The van der Waals surface area contributed by atoms with Gasteiger partial charge in [-0.2, -0.15) is 0 Å². The van der Waals surface area contributed by atoms with Crippen LogP contribution in [0, 0.1) is 13.8 Å². The Hall–Kier alpha value is -2.10. The number of hydrogen-bond donors (Lipinski definition) is 0. The fraction of sp³-hybridized carbons (Fsp3) is 0.136. The number of aryl methyl sites for hydroxylation is 2. The summed E-state index contributed by atoms with van der Waals surface area (Å²) in [5.41, 5.74) is 5.27. The second-order valence-corrected chi connectivity index (χ2v) is 7.41. The highest BCUT2D eigenvalue weighted by atomic mass is 79.9. The minimum absolute atomic E-state index is 0.409. The van der Waals surface area contributed by atoms with Crippen LogP contribution in [0.15, 0.2) is 70.1 Å². The first kappa shape index (κ1) is 18.7. The number of benzene rings is 3. The molecule has 0 aliphatic carbocycles. The molecule has 0 unspecified atom stereocenters. The van der Waals surface area contributed by atoms with Crippen LogP contribution in [0.1, 0.15) is 22.3 Å². The molecule has 0 saturated carbocycles. The molecule has 0 aromatic heterocycles. The maximum absolute atomic E-state index is 6.21. The minimum atomic E-state index is 0.409. The molecule has 0 saturated heterocycles. The zero-order chi connectivity index (χ0) is 18.5. The third kappa shape index (κ3) is 4.75. The Morgan fingerprint density at radius 3 is 2.58 bits per heavy atom. The van der Waals surface area contributed by atoms with Gasteiger partial charge in [0.15, 0.2) is 0 Å². The smallest absolute Gasteiger partial charge is 0.128 e. The lowest BCUT2D eigenvalue weighted by Crippen LogP contribution is -1.99. The molecule has 0 N–H and O–H groups in total. The topological polar surface area (TPSA) is 21.6 Å². The van der Waals surface area contributed by atoms with Crippen molar-refractivity contribution in [1.82, 2.24) is 0 Å². The van der Waals surface area contributed by atoms with Crippen LogP contribution in [0.25, 0.3) is 0 Å². The lowest BCUT2D eigenvalue weighted by Gasteiger charge is -2.11. The van der Waals surface area contributed by atoms with Crippen molar-refractivity contribution < 1.29 is 4.74 Å². The Morgan fingerprint density at radius 1 is 1.00 bits per heavy atom. The second kappa shape index (κ2) is 8.52. The molecular formula is C22H19BrClNO. The maximum Gasteiger partial charge on any atom is 0.128 e. The van der Waals surface area contributed by atoms with Gasteiger partial charge in [0.1, 0.15) is 12.4 Å². The summed E-state index contributed by atoms with van der Waals surface area (Å²) in [7, 11) is 0. The number of nitrogens with zero attached hydrogens (tertiary/aromatic N) is 1. The van der Waals surface area contributed by atoms with Crippen molar-refractivity contribution in [1.29, 1.82) is 0 Å². The van der Waals surface area contributed by atoms with Crippen LogP contribution in [0.3, 0.4) is 0 Å². The normalized spacial score (nSPS) is 11.1. The Morgan fingerprint density at radius 2 is 1.81 bits per heavy atom. The molecule has 0 spiro atoms. The van der Waals surface area contributed by atoms with Crippen LogP contribution in [-0.4, -0.2) is 6.21 Å². The van der Waals surface area contributed by atoms with Crippen LogP contribution in [0.5, 0.6) is 5.75 Å². The fourth-order valence-corrected chi connectivity index (χ4v) is 3.04. The van der Waals surface area contributed by atoms with Gasteiger partial charge in [-0.05, 0) is 61.4 Å². The van der Waals surface area contributed by atoms with E-state index in [0.717, 1.165) is 27.0 Å². The van der Waals surface area contributed by atoms with Crippen molar-refractivity contribution in [3.05, 3.63) is 92.4 Å². The number of ether oxygens (including phenoxy) is 1. The summed E-state index contributed by atoms with van der Waals surface area (Å²) in [6.45, 7) is 4.59. The molecular weight excluding hydrogens is 410 g/mol. The van der Waals surface area contributed by atoms with E-state index < -0.39 is 0 Å². The van der Waals surface area contributed by atoms with Gasteiger partial charge in [-0.3, -0.25) is 4.99 Å². The Kier molecular flexibility index (Phi) is 6.12. The molecule has 132 valence electrons. The van der Waals surface area contributed by atoms with Gasteiger partial charge in [0.2, 0.25) is 0 Å². The maximum atomic E-state index is 6.21. The zero-order valence-electron chi connectivity index (χ0n) is 14.7. The molecule has 0 fully saturated rings. The summed E-state index contributed by atoms with van der Waals surface area (Å²) in [6, 6.07) is 19.7. The fourth-order valence-electron chi connectivity index (χ4n) is 2.47. The van der Waals surface area contributed by atoms with Crippen LogP contribution >= 0.6 is 27.5 Å². The average Bonchev–Trinajstić information content (AvgIpc) is 2.63. The highest BCUT2D eigenvalue weighted by molar-refractivity contribution is 9.10. The van der Waals surface area contributed by atoms with Crippen molar-refractivity contribution in [3.63, 3.8) is 0 Å². The van der Waals surface area contributed by atoms with Crippen molar-refractivity contribution in [2.45, 2.75) is 20.5 Å². The largest absolute Gasteiger partial charge is 0.488 e. The van der Waals surface area contributed by atoms with Crippen LogP contribution in [-0.2, 0) is 6.61 Å². The highest BCUT2D eigenvalue weighted by Crippen LogP contribution is 2.25. The van der Waals surface area contributed by atoms with Gasteiger partial charge in [-0.15, -0.1) is 0 Å². The standard InChI is InChI=1S/C22H19BrClNO/c1-15-7-9-20(11-16(15)2)25-13-18-12-19(23)8-10-22(18)26-14-17-5-3-4-6-21(17)24/h3-13H,14H2,1-2H3. The molecule has 0 bridgehead atoms.